The SMILES string of the molecule is CC(C)[C@H]1CN(C2COC2)CCN1Cc1cc2c(c(C(F)(F)F)c1)CN(c1cccc(C3([C@H](F)c4nncn4C)COC3)c1)C2=O. The maximum absolute atomic E-state index is 16.0. The van der Waals surface area contributed by atoms with E-state index in [4.69, 9.17) is 9.47 Å². The summed E-state index contributed by atoms with van der Waals surface area (Å²) in [5.41, 5.74) is -0.361. The summed E-state index contributed by atoms with van der Waals surface area (Å²) >= 11 is 0. The predicted octanol–water partition coefficient (Wildman–Crippen LogP) is 4.51. The Morgan fingerprint density at radius 3 is 2.48 bits per heavy atom. The molecule has 9 nitrogen and oxygen atoms in total. The second-order valence-corrected chi connectivity index (χ2v) is 13.4. The summed E-state index contributed by atoms with van der Waals surface area (Å²) in [6.07, 6.45) is -4.75. The van der Waals surface area contributed by atoms with Gasteiger partial charge in [-0.3, -0.25) is 14.6 Å². The Labute approximate surface area is 265 Å². The topological polar surface area (TPSA) is 76.0 Å². The third kappa shape index (κ3) is 5.30. The maximum atomic E-state index is 16.0. The van der Waals surface area contributed by atoms with Crippen LogP contribution in [0.1, 0.15) is 58.5 Å². The molecule has 0 unspecified atom stereocenters. The predicted molar refractivity (Wildman–Crippen MR) is 161 cm³/mol. The molecule has 3 fully saturated rings. The molecule has 3 saturated heterocycles. The standard InChI is InChI=1S/C33H38F4N6O3/c1-20(2)28-14-41(24-15-45-16-24)7-8-42(28)12-21-9-25-26(27(10-21)33(35,36)37)13-43(31(25)44)23-6-4-5-22(11-23)32(17-46-18-32)29(34)30-39-38-19-40(30)3/h4-6,9-11,19-20,24,28-29H,7-8,12-18H2,1-3H3/t28-,29-/m1/s1. The third-order valence-electron chi connectivity index (χ3n) is 10.2. The van der Waals surface area contributed by atoms with Gasteiger partial charge in [-0.05, 0) is 46.9 Å². The van der Waals surface area contributed by atoms with Crippen LogP contribution in [0.25, 0.3) is 0 Å². The molecule has 1 aromatic heterocycles. The molecular formula is C33H38F4N6O3. The van der Waals surface area contributed by atoms with Crippen LogP contribution in [0.2, 0.25) is 0 Å². The van der Waals surface area contributed by atoms with E-state index in [1.54, 1.807) is 37.4 Å². The summed E-state index contributed by atoms with van der Waals surface area (Å²) in [5, 5.41) is 7.74. The van der Waals surface area contributed by atoms with E-state index in [2.05, 4.69) is 33.8 Å². The van der Waals surface area contributed by atoms with Crippen molar-refractivity contribution in [1.29, 1.82) is 0 Å². The van der Waals surface area contributed by atoms with Crippen molar-refractivity contribution in [2.75, 3.05) is 51.0 Å². The van der Waals surface area contributed by atoms with Crippen molar-refractivity contribution in [3.05, 3.63) is 76.4 Å². The molecule has 3 aromatic rings. The molecule has 1 amide bonds. The molecule has 4 aliphatic rings. The average Bonchev–Trinajstić information content (AvgIpc) is 3.54. The highest BCUT2D eigenvalue weighted by molar-refractivity contribution is 6.10. The molecular weight excluding hydrogens is 604 g/mol. The summed E-state index contributed by atoms with van der Waals surface area (Å²) in [7, 11) is 1.66. The van der Waals surface area contributed by atoms with Gasteiger partial charge in [0.05, 0.1) is 50.0 Å². The Bertz CT molecular complexity index is 1620. The monoisotopic (exact) mass is 642 g/mol. The second kappa shape index (κ2) is 11.7. The van der Waals surface area contributed by atoms with Crippen LogP contribution < -0.4 is 4.90 Å². The highest BCUT2D eigenvalue weighted by atomic mass is 19.4. The average molecular weight is 643 g/mol. The summed E-state index contributed by atoms with van der Waals surface area (Å²) in [6, 6.07) is 10.2. The Kier molecular flexibility index (Phi) is 7.94. The molecule has 0 N–H and O–H groups in total. The number of hydrogen-bond donors (Lipinski definition) is 0. The summed E-state index contributed by atoms with van der Waals surface area (Å²) in [6.45, 7) is 8.37. The molecule has 2 atom stereocenters. The van der Waals surface area contributed by atoms with Crippen molar-refractivity contribution >= 4 is 11.6 Å². The quantitative estimate of drug-likeness (QED) is 0.335. The van der Waals surface area contributed by atoms with Crippen LogP contribution >= 0.6 is 0 Å². The van der Waals surface area contributed by atoms with E-state index in [0.29, 0.717) is 35.3 Å². The lowest BCUT2D eigenvalue weighted by atomic mass is 9.74. The fourth-order valence-corrected chi connectivity index (χ4v) is 7.25. The highest BCUT2D eigenvalue weighted by Crippen LogP contribution is 2.47. The molecule has 0 radical (unpaired) electrons. The summed E-state index contributed by atoms with van der Waals surface area (Å²) in [4.78, 5) is 19.9. The molecule has 0 saturated carbocycles. The molecule has 13 heteroatoms. The van der Waals surface area contributed by atoms with Crippen molar-refractivity contribution in [2.45, 2.75) is 56.8 Å². The number of nitrogens with zero attached hydrogens (tertiary/aromatic N) is 6. The van der Waals surface area contributed by atoms with Crippen LogP contribution in [-0.4, -0.2) is 88.6 Å². The first-order chi connectivity index (χ1) is 22.0. The van der Waals surface area contributed by atoms with Crippen molar-refractivity contribution in [1.82, 2.24) is 24.6 Å². The zero-order chi connectivity index (χ0) is 32.4. The van der Waals surface area contributed by atoms with E-state index < -0.39 is 29.2 Å². The molecule has 0 aliphatic carbocycles. The Morgan fingerprint density at radius 1 is 1.09 bits per heavy atom. The van der Waals surface area contributed by atoms with Crippen molar-refractivity contribution < 1.29 is 31.8 Å². The van der Waals surface area contributed by atoms with E-state index in [1.165, 1.54) is 21.9 Å². The fraction of sp³-hybridized carbons (Fsp3) is 0.545. The molecule has 0 bridgehead atoms. The number of alkyl halides is 4. The number of carbonyl (C=O) groups excluding carboxylic acids is 1. The molecule has 5 heterocycles. The van der Waals surface area contributed by atoms with Gasteiger partial charge in [0.2, 0.25) is 0 Å². The molecule has 0 spiro atoms. The van der Waals surface area contributed by atoms with Crippen LogP contribution in [0, 0.1) is 5.92 Å². The number of piperazine rings is 1. The van der Waals surface area contributed by atoms with E-state index in [0.717, 1.165) is 32.8 Å². The molecule has 2 aromatic carbocycles. The fourth-order valence-electron chi connectivity index (χ4n) is 7.25. The van der Waals surface area contributed by atoms with E-state index in [-0.39, 0.29) is 42.8 Å². The number of aryl methyl sites for hydroxylation is 1. The number of amides is 1. The highest BCUT2D eigenvalue weighted by Gasteiger charge is 2.51. The first-order valence-electron chi connectivity index (χ1n) is 15.7. The summed E-state index contributed by atoms with van der Waals surface area (Å²) < 4.78 is 72.0. The number of halogens is 4. The first kappa shape index (κ1) is 31.2. The Morgan fingerprint density at radius 2 is 1.87 bits per heavy atom. The van der Waals surface area contributed by atoms with Gasteiger partial charge in [-0.15, -0.1) is 10.2 Å². The summed E-state index contributed by atoms with van der Waals surface area (Å²) in [5.74, 6) is -0.0516. The van der Waals surface area contributed by atoms with Gasteiger partial charge in [0.1, 0.15) is 6.33 Å². The van der Waals surface area contributed by atoms with Gasteiger partial charge in [0.25, 0.3) is 5.91 Å². The van der Waals surface area contributed by atoms with Crippen molar-refractivity contribution in [2.24, 2.45) is 13.0 Å². The van der Waals surface area contributed by atoms with Crippen LogP contribution in [0.5, 0.6) is 0 Å². The van der Waals surface area contributed by atoms with Crippen LogP contribution in [0.4, 0.5) is 23.2 Å². The number of benzene rings is 2. The lowest BCUT2D eigenvalue weighted by Crippen LogP contribution is -2.61. The largest absolute Gasteiger partial charge is 0.416 e. The van der Waals surface area contributed by atoms with Crippen LogP contribution in [0.15, 0.2) is 42.7 Å². The molecule has 4 aliphatic heterocycles. The zero-order valence-corrected chi connectivity index (χ0v) is 26.1. The minimum atomic E-state index is -4.64. The van der Waals surface area contributed by atoms with Gasteiger partial charge in [-0.2, -0.15) is 13.2 Å². The number of anilines is 1. The number of fused-ring (bicyclic) bond motifs is 1. The van der Waals surface area contributed by atoms with Crippen molar-refractivity contribution in [3.8, 4) is 0 Å². The van der Waals surface area contributed by atoms with E-state index >= 15 is 4.39 Å². The minimum absolute atomic E-state index is 0.0361. The number of hydrogen-bond acceptors (Lipinski definition) is 7. The number of rotatable bonds is 8. The van der Waals surface area contributed by atoms with Crippen LogP contribution in [0.3, 0.4) is 0 Å². The lowest BCUT2D eigenvalue weighted by Gasteiger charge is -2.48. The van der Waals surface area contributed by atoms with Gasteiger partial charge in [-0.25, -0.2) is 4.39 Å². The lowest BCUT2D eigenvalue weighted by molar-refractivity contribution is -0.138. The molecule has 246 valence electrons. The van der Waals surface area contributed by atoms with Gasteiger partial charge < -0.3 is 18.9 Å². The normalized spacial score (nSPS) is 23.0. The zero-order valence-electron chi connectivity index (χ0n) is 26.1. The molecule has 7 rings (SSSR count). The number of aromatic nitrogens is 3. The maximum Gasteiger partial charge on any atom is 0.416 e. The Balaban J connectivity index is 1.17. The van der Waals surface area contributed by atoms with E-state index in [1.807, 2.05) is 0 Å². The van der Waals surface area contributed by atoms with Gasteiger partial charge in [0, 0.05) is 50.5 Å². The van der Waals surface area contributed by atoms with Gasteiger partial charge in [0.15, 0.2) is 12.0 Å². The van der Waals surface area contributed by atoms with Crippen molar-refractivity contribution in [3.63, 3.8) is 0 Å². The van der Waals surface area contributed by atoms with Gasteiger partial charge >= 0.3 is 6.18 Å². The number of ether oxygens (including phenoxy) is 2. The second-order valence-electron chi connectivity index (χ2n) is 13.4. The van der Waals surface area contributed by atoms with E-state index in [9.17, 15) is 18.0 Å². The smallest absolute Gasteiger partial charge is 0.379 e. The molecule has 46 heavy (non-hydrogen) atoms. The number of carbonyl (C=O) groups is 1. The minimum Gasteiger partial charge on any atom is -0.379 e. The van der Waals surface area contributed by atoms with Crippen LogP contribution in [-0.2, 0) is 41.2 Å². The van der Waals surface area contributed by atoms with Gasteiger partial charge in [-0.1, -0.05) is 26.0 Å². The Hall–Kier alpha value is -3.39. The third-order valence-corrected chi connectivity index (χ3v) is 10.2. The first-order valence-corrected chi connectivity index (χ1v) is 15.7.